The fourth-order valence-corrected chi connectivity index (χ4v) is 4.10. The Morgan fingerprint density at radius 2 is 1.91 bits per heavy atom. The van der Waals surface area contributed by atoms with E-state index < -0.39 is 46.7 Å². The maximum atomic E-state index is 13.4. The second-order valence-corrected chi connectivity index (χ2v) is 8.55. The Morgan fingerprint density at radius 3 is 2.55 bits per heavy atom. The number of hydrogen-bond acceptors (Lipinski definition) is 7. The Bertz CT molecular complexity index is 980. The van der Waals surface area contributed by atoms with Gasteiger partial charge in [-0.1, -0.05) is 13.8 Å². The lowest BCUT2D eigenvalue weighted by Gasteiger charge is -2.29. The zero-order chi connectivity index (χ0) is 24.3. The number of nitrogens with two attached hydrogens (primary N) is 1. The molecule has 0 bridgehead atoms. The molecule has 0 saturated carbocycles. The van der Waals surface area contributed by atoms with E-state index in [1.807, 2.05) is 0 Å². The number of rotatable bonds is 3. The van der Waals surface area contributed by atoms with Crippen LogP contribution in [0.4, 0.5) is 11.4 Å². The third-order valence-corrected chi connectivity index (χ3v) is 5.92. The van der Waals surface area contributed by atoms with E-state index in [1.54, 1.807) is 13.8 Å². The number of nitrogens with one attached hydrogen (secondary N) is 3. The van der Waals surface area contributed by atoms with Crippen LogP contribution in [-0.4, -0.2) is 64.7 Å². The van der Waals surface area contributed by atoms with Gasteiger partial charge in [0, 0.05) is 30.9 Å². The minimum atomic E-state index is -1.01. The number of non-ortho nitro benzene ring substituents is 1. The molecule has 1 aromatic carbocycles. The van der Waals surface area contributed by atoms with Crippen molar-refractivity contribution >= 4 is 35.0 Å². The number of amides is 4. The molecule has 0 spiro atoms. The maximum Gasteiger partial charge on any atom is 0.270 e. The minimum absolute atomic E-state index is 0.0565. The predicted molar refractivity (Wildman–Crippen MR) is 118 cm³/mol. The first-order valence-electron chi connectivity index (χ1n) is 10.8. The number of carbonyl (C=O) groups is 4. The fourth-order valence-electron chi connectivity index (χ4n) is 4.10. The summed E-state index contributed by atoms with van der Waals surface area (Å²) < 4.78 is 0. The predicted octanol–water partition coefficient (Wildman–Crippen LogP) is 0.126. The van der Waals surface area contributed by atoms with Gasteiger partial charge in [-0.2, -0.15) is 0 Å². The lowest BCUT2D eigenvalue weighted by atomic mass is 10.0. The number of benzene rings is 1. The molecule has 5 N–H and O–H groups in total. The molecule has 3 rings (SSSR count). The van der Waals surface area contributed by atoms with Crippen molar-refractivity contribution in [1.29, 1.82) is 0 Å². The Labute approximate surface area is 190 Å². The minimum Gasteiger partial charge on any atom is -0.384 e. The first kappa shape index (κ1) is 24.0. The van der Waals surface area contributed by atoms with Crippen LogP contribution in [0.3, 0.4) is 0 Å². The van der Waals surface area contributed by atoms with E-state index in [2.05, 4.69) is 16.0 Å². The van der Waals surface area contributed by atoms with Crippen molar-refractivity contribution in [1.82, 2.24) is 15.5 Å². The molecule has 4 amide bonds. The van der Waals surface area contributed by atoms with E-state index in [-0.39, 0.29) is 30.1 Å². The van der Waals surface area contributed by atoms with Gasteiger partial charge in [0.15, 0.2) is 0 Å². The van der Waals surface area contributed by atoms with Gasteiger partial charge in [-0.15, -0.1) is 0 Å². The number of carbonyl (C=O) groups excluding carboxylic acids is 4. The Balaban J connectivity index is 2.03. The first-order chi connectivity index (χ1) is 15.6. The van der Waals surface area contributed by atoms with Gasteiger partial charge in [-0.05, 0) is 31.2 Å². The summed E-state index contributed by atoms with van der Waals surface area (Å²) in [6.07, 6.45) is 1.08. The van der Waals surface area contributed by atoms with Crippen molar-refractivity contribution in [2.24, 2.45) is 11.7 Å². The van der Waals surface area contributed by atoms with Crippen LogP contribution in [0.1, 0.15) is 43.5 Å². The molecule has 2 aliphatic rings. The molecule has 1 aromatic rings. The summed E-state index contributed by atoms with van der Waals surface area (Å²) in [5.74, 6) is -2.59. The quantitative estimate of drug-likeness (QED) is 0.366. The number of hydrogen-bond donors (Lipinski definition) is 4. The molecular formula is C21H28N6O6. The van der Waals surface area contributed by atoms with Crippen LogP contribution in [0.15, 0.2) is 18.2 Å². The van der Waals surface area contributed by atoms with Crippen molar-refractivity contribution in [3.8, 4) is 0 Å². The third kappa shape index (κ3) is 5.21. The summed E-state index contributed by atoms with van der Waals surface area (Å²) in [5, 5.41) is 19.6. The zero-order valence-corrected chi connectivity index (χ0v) is 18.5. The number of anilines is 1. The number of primary amides is 1. The molecule has 178 valence electrons. The maximum absolute atomic E-state index is 13.4. The molecule has 33 heavy (non-hydrogen) atoms. The molecule has 3 atom stereocenters. The van der Waals surface area contributed by atoms with Gasteiger partial charge in [0.1, 0.15) is 18.1 Å². The van der Waals surface area contributed by atoms with Gasteiger partial charge in [0.2, 0.25) is 17.7 Å². The van der Waals surface area contributed by atoms with Crippen LogP contribution in [0.2, 0.25) is 0 Å². The number of nitrogens with zero attached hydrogens (tertiary/aromatic N) is 2. The largest absolute Gasteiger partial charge is 0.384 e. The van der Waals surface area contributed by atoms with Gasteiger partial charge < -0.3 is 26.6 Å². The monoisotopic (exact) mass is 460 g/mol. The summed E-state index contributed by atoms with van der Waals surface area (Å²) in [7, 11) is 0. The van der Waals surface area contributed by atoms with Crippen molar-refractivity contribution in [2.45, 2.75) is 51.2 Å². The fraction of sp³-hybridized carbons (Fsp3) is 0.524. The summed E-state index contributed by atoms with van der Waals surface area (Å²) >= 11 is 0. The van der Waals surface area contributed by atoms with Gasteiger partial charge in [0.25, 0.3) is 11.6 Å². The lowest BCUT2D eigenvalue weighted by molar-refractivity contribution is -0.384. The van der Waals surface area contributed by atoms with Crippen molar-refractivity contribution in [3.63, 3.8) is 0 Å². The van der Waals surface area contributed by atoms with Gasteiger partial charge >= 0.3 is 0 Å². The molecule has 0 aromatic heterocycles. The van der Waals surface area contributed by atoms with Crippen molar-refractivity contribution in [2.75, 3.05) is 18.4 Å². The summed E-state index contributed by atoms with van der Waals surface area (Å²) in [6, 6.07) is 1.08. The number of nitro benzene ring substituents is 1. The second kappa shape index (κ2) is 9.84. The average molecular weight is 460 g/mol. The number of nitro groups is 1. The van der Waals surface area contributed by atoms with E-state index in [0.29, 0.717) is 25.1 Å². The zero-order valence-electron chi connectivity index (χ0n) is 18.5. The van der Waals surface area contributed by atoms with Crippen LogP contribution in [-0.2, 0) is 14.4 Å². The van der Waals surface area contributed by atoms with Gasteiger partial charge in [-0.3, -0.25) is 29.3 Å². The van der Waals surface area contributed by atoms with Crippen molar-refractivity contribution in [3.05, 3.63) is 33.9 Å². The van der Waals surface area contributed by atoms with Gasteiger partial charge in [-0.25, -0.2) is 0 Å². The van der Waals surface area contributed by atoms with E-state index in [9.17, 15) is 29.3 Å². The highest BCUT2D eigenvalue weighted by atomic mass is 16.6. The van der Waals surface area contributed by atoms with E-state index >= 15 is 0 Å². The molecule has 12 nitrogen and oxygen atoms in total. The molecule has 12 heteroatoms. The topological polar surface area (TPSA) is 177 Å². The first-order valence-corrected chi connectivity index (χ1v) is 10.8. The molecule has 1 unspecified atom stereocenters. The molecule has 0 aliphatic carbocycles. The Morgan fingerprint density at radius 1 is 1.18 bits per heavy atom. The highest BCUT2D eigenvalue weighted by Gasteiger charge is 2.38. The van der Waals surface area contributed by atoms with Crippen LogP contribution < -0.4 is 21.7 Å². The molecular weight excluding hydrogens is 432 g/mol. The summed E-state index contributed by atoms with van der Waals surface area (Å²) in [6.45, 7) is 3.97. The van der Waals surface area contributed by atoms with Crippen molar-refractivity contribution < 1.29 is 24.1 Å². The highest BCUT2D eigenvalue weighted by molar-refractivity contribution is 6.03. The van der Waals surface area contributed by atoms with E-state index in [1.165, 1.54) is 23.1 Å². The van der Waals surface area contributed by atoms with E-state index in [4.69, 9.17) is 5.73 Å². The van der Waals surface area contributed by atoms with Crippen LogP contribution in [0.5, 0.6) is 0 Å². The van der Waals surface area contributed by atoms with Gasteiger partial charge in [0.05, 0.1) is 10.5 Å². The summed E-state index contributed by atoms with van der Waals surface area (Å²) in [5.41, 5.74) is 5.57. The average Bonchev–Trinajstić information content (AvgIpc) is 3.25. The smallest absolute Gasteiger partial charge is 0.270 e. The highest BCUT2D eigenvalue weighted by Crippen LogP contribution is 2.28. The van der Waals surface area contributed by atoms with E-state index in [0.717, 1.165) is 0 Å². The second-order valence-electron chi connectivity index (χ2n) is 8.55. The van der Waals surface area contributed by atoms with Crippen LogP contribution >= 0.6 is 0 Å². The standard InChI is InChI=1S/C21H28N6O6/c1-11(2)17-20(30)24-15(18(22)28)7-8-23-14-6-5-12(27(32)33)10-13(14)21(31)26-9-3-4-16(26)19(29)25-17/h5-6,10-11,15-17,23H,3-4,7-9H2,1-2H3,(H2,22,28)(H,24,30)(H,25,29)/t15-,16?,17-/m0/s1. The molecule has 1 fully saturated rings. The molecule has 0 radical (unpaired) electrons. The normalized spacial score (nSPS) is 24.2. The number of fused-ring (bicyclic) bond motifs is 2. The van der Waals surface area contributed by atoms with Crippen LogP contribution in [0.25, 0.3) is 0 Å². The third-order valence-electron chi connectivity index (χ3n) is 5.92. The summed E-state index contributed by atoms with van der Waals surface area (Å²) in [4.78, 5) is 63.3. The molecule has 2 aliphatic heterocycles. The Kier molecular flexibility index (Phi) is 7.14. The lowest BCUT2D eigenvalue weighted by Crippen LogP contribution is -2.58. The SMILES string of the molecule is CC(C)[C@@H]1NC(=O)C2CCCN2C(=O)c2cc([N+](=O)[O-])ccc2NCC[C@@H](C(N)=O)NC1=O. The Hall–Kier alpha value is -3.70. The molecule has 2 heterocycles. The molecule has 1 saturated heterocycles. The van der Waals surface area contributed by atoms with Crippen LogP contribution in [0, 0.1) is 16.0 Å².